The molecule has 1 N–H and O–H groups in total. The van der Waals surface area contributed by atoms with Gasteiger partial charge in [0.05, 0.1) is 0 Å². The molecule has 29 heavy (non-hydrogen) atoms. The van der Waals surface area contributed by atoms with Gasteiger partial charge in [0.25, 0.3) is 0 Å². The predicted octanol–water partition coefficient (Wildman–Crippen LogP) is 4.83. The maximum Gasteiger partial charge on any atom is 0.231 e. The zero-order valence-electron chi connectivity index (χ0n) is 17.0. The highest BCUT2D eigenvalue weighted by molar-refractivity contribution is 6.01. The summed E-state index contributed by atoms with van der Waals surface area (Å²) < 4.78 is 11.2. The highest BCUT2D eigenvalue weighted by atomic mass is 16.7. The zero-order chi connectivity index (χ0) is 20.0. The summed E-state index contributed by atoms with van der Waals surface area (Å²) in [5.41, 5.74) is 6.43. The van der Waals surface area contributed by atoms with E-state index in [-0.39, 0.29) is 18.5 Å². The zero-order valence-corrected chi connectivity index (χ0v) is 17.0. The number of carbonyl (C=O) groups excluding carboxylic acids is 1. The van der Waals surface area contributed by atoms with Gasteiger partial charge in [0, 0.05) is 54.1 Å². The molecule has 3 aliphatic rings. The molecule has 0 amide bonds. The molecule has 0 spiro atoms. The average molecular weight is 390 g/mol. The lowest BCUT2D eigenvalue weighted by atomic mass is 9.75. The number of ketones is 1. The van der Waals surface area contributed by atoms with E-state index in [0.717, 1.165) is 65.5 Å². The Kier molecular flexibility index (Phi) is 4.46. The van der Waals surface area contributed by atoms with Crippen LogP contribution in [-0.4, -0.2) is 25.7 Å². The second-order valence-corrected chi connectivity index (χ2v) is 7.78. The van der Waals surface area contributed by atoms with Crippen LogP contribution in [0.2, 0.25) is 0 Å². The van der Waals surface area contributed by atoms with Crippen LogP contribution in [0, 0.1) is 0 Å². The van der Waals surface area contributed by atoms with Gasteiger partial charge in [0.15, 0.2) is 17.3 Å². The van der Waals surface area contributed by atoms with Gasteiger partial charge in [-0.1, -0.05) is 12.1 Å². The molecule has 0 unspecified atom stereocenters. The summed E-state index contributed by atoms with van der Waals surface area (Å²) in [6.07, 6.45) is 2.43. The first-order valence-corrected chi connectivity index (χ1v) is 10.5. The molecule has 0 fully saturated rings. The van der Waals surface area contributed by atoms with Crippen molar-refractivity contribution in [3.05, 3.63) is 58.8 Å². The van der Waals surface area contributed by atoms with Crippen molar-refractivity contribution < 1.29 is 14.3 Å². The number of nitrogens with one attached hydrogen (secondary N) is 1. The standard InChI is InChI=1S/C24H26N2O3/c1-3-26(4-2)16-10-8-15(9-11-16)23-17-12-21-22(29-14-28-21)13-19(17)25-18-6-5-7-20(27)24(18)23/h8-13,23,25H,3-7,14H2,1-2H3/t23-/m0/s1. The number of hydrogen-bond acceptors (Lipinski definition) is 5. The minimum Gasteiger partial charge on any atom is -0.454 e. The van der Waals surface area contributed by atoms with E-state index in [1.165, 1.54) is 5.69 Å². The van der Waals surface area contributed by atoms with E-state index >= 15 is 0 Å². The fraction of sp³-hybridized carbons (Fsp3) is 0.375. The number of benzene rings is 2. The smallest absolute Gasteiger partial charge is 0.231 e. The van der Waals surface area contributed by atoms with Gasteiger partial charge in [-0.25, -0.2) is 0 Å². The molecule has 0 saturated carbocycles. The molecule has 1 aliphatic carbocycles. The van der Waals surface area contributed by atoms with E-state index in [1.807, 2.05) is 12.1 Å². The molecule has 0 aromatic heterocycles. The summed E-state index contributed by atoms with van der Waals surface area (Å²) in [5, 5.41) is 3.52. The molecule has 0 bridgehead atoms. The van der Waals surface area contributed by atoms with Gasteiger partial charge >= 0.3 is 0 Å². The molecule has 0 saturated heterocycles. The van der Waals surface area contributed by atoms with Crippen LogP contribution in [0.5, 0.6) is 11.5 Å². The van der Waals surface area contributed by atoms with E-state index in [1.54, 1.807) is 0 Å². The molecule has 0 radical (unpaired) electrons. The Morgan fingerprint density at radius 3 is 2.48 bits per heavy atom. The van der Waals surface area contributed by atoms with Crippen molar-refractivity contribution in [2.24, 2.45) is 0 Å². The lowest BCUT2D eigenvalue weighted by Gasteiger charge is -2.34. The van der Waals surface area contributed by atoms with Crippen LogP contribution in [0.25, 0.3) is 0 Å². The number of Topliss-reactive ketones (excluding diaryl/α,β-unsaturated/α-hetero) is 1. The largest absolute Gasteiger partial charge is 0.454 e. The SMILES string of the molecule is CCN(CC)c1ccc([C@@H]2C3=C(CCCC3=O)Nc3cc4c(cc32)OCO4)cc1. The van der Waals surface area contributed by atoms with E-state index in [0.29, 0.717) is 6.42 Å². The van der Waals surface area contributed by atoms with Crippen LogP contribution in [-0.2, 0) is 4.79 Å². The highest BCUT2D eigenvalue weighted by Crippen LogP contribution is 2.49. The van der Waals surface area contributed by atoms with Crippen LogP contribution < -0.4 is 19.7 Å². The van der Waals surface area contributed by atoms with Crippen molar-refractivity contribution in [3.63, 3.8) is 0 Å². The number of hydrogen-bond donors (Lipinski definition) is 1. The van der Waals surface area contributed by atoms with Gasteiger partial charge in [-0.05, 0) is 56.0 Å². The van der Waals surface area contributed by atoms with Gasteiger partial charge in [0.1, 0.15) is 0 Å². The van der Waals surface area contributed by atoms with Crippen molar-refractivity contribution >= 4 is 17.2 Å². The second-order valence-electron chi connectivity index (χ2n) is 7.78. The number of rotatable bonds is 4. The van der Waals surface area contributed by atoms with Crippen molar-refractivity contribution in [1.82, 2.24) is 0 Å². The van der Waals surface area contributed by atoms with Gasteiger partial charge in [-0.3, -0.25) is 4.79 Å². The quantitative estimate of drug-likeness (QED) is 0.811. The predicted molar refractivity (Wildman–Crippen MR) is 114 cm³/mol. The van der Waals surface area contributed by atoms with E-state index < -0.39 is 0 Å². The van der Waals surface area contributed by atoms with Crippen LogP contribution in [0.15, 0.2) is 47.7 Å². The summed E-state index contributed by atoms with van der Waals surface area (Å²) in [5.74, 6) is 1.69. The van der Waals surface area contributed by atoms with Crippen LogP contribution in [0.1, 0.15) is 50.2 Å². The molecular formula is C24H26N2O3. The minimum atomic E-state index is -0.0747. The number of nitrogens with zero attached hydrogens (tertiary/aromatic N) is 1. The molecule has 2 aliphatic heterocycles. The number of ether oxygens (including phenoxy) is 2. The Morgan fingerprint density at radius 2 is 1.76 bits per heavy atom. The molecule has 2 aromatic carbocycles. The molecule has 1 atom stereocenters. The molecular weight excluding hydrogens is 364 g/mol. The number of anilines is 2. The monoisotopic (exact) mass is 390 g/mol. The lowest BCUT2D eigenvalue weighted by Crippen LogP contribution is -2.27. The Balaban J connectivity index is 1.63. The van der Waals surface area contributed by atoms with Gasteiger partial charge in [-0.2, -0.15) is 0 Å². The van der Waals surface area contributed by atoms with Gasteiger partial charge in [0.2, 0.25) is 6.79 Å². The number of carbonyl (C=O) groups is 1. The van der Waals surface area contributed by atoms with Crippen LogP contribution >= 0.6 is 0 Å². The van der Waals surface area contributed by atoms with Gasteiger partial charge in [-0.15, -0.1) is 0 Å². The summed E-state index contributed by atoms with van der Waals surface area (Å²) in [6.45, 7) is 6.53. The van der Waals surface area contributed by atoms with Crippen LogP contribution in [0.3, 0.4) is 0 Å². The summed E-state index contributed by atoms with van der Waals surface area (Å²) in [7, 11) is 0. The molecule has 2 heterocycles. The maximum absolute atomic E-state index is 13.0. The molecule has 5 nitrogen and oxygen atoms in total. The van der Waals surface area contributed by atoms with E-state index in [2.05, 4.69) is 48.3 Å². The van der Waals surface area contributed by atoms with Crippen LogP contribution in [0.4, 0.5) is 11.4 Å². The molecule has 150 valence electrons. The fourth-order valence-corrected chi connectivity index (χ4v) is 4.76. The first-order valence-electron chi connectivity index (χ1n) is 10.5. The molecule has 5 heteroatoms. The average Bonchev–Trinajstić information content (AvgIpc) is 3.20. The highest BCUT2D eigenvalue weighted by Gasteiger charge is 2.36. The topological polar surface area (TPSA) is 50.8 Å². The molecule has 2 aromatic rings. The Morgan fingerprint density at radius 1 is 1.03 bits per heavy atom. The third-order valence-electron chi connectivity index (χ3n) is 6.24. The van der Waals surface area contributed by atoms with Crippen molar-refractivity contribution in [2.75, 3.05) is 30.1 Å². The van der Waals surface area contributed by atoms with Crippen molar-refractivity contribution in [3.8, 4) is 11.5 Å². The van der Waals surface area contributed by atoms with Crippen molar-refractivity contribution in [2.45, 2.75) is 39.0 Å². The lowest BCUT2D eigenvalue weighted by molar-refractivity contribution is -0.116. The second kappa shape index (κ2) is 7.14. The fourth-order valence-electron chi connectivity index (χ4n) is 4.76. The van der Waals surface area contributed by atoms with E-state index in [4.69, 9.17) is 9.47 Å². The summed E-state index contributed by atoms with van der Waals surface area (Å²) >= 11 is 0. The molecule has 5 rings (SSSR count). The first kappa shape index (κ1) is 18.1. The van der Waals surface area contributed by atoms with Gasteiger partial charge < -0.3 is 19.7 Å². The Bertz CT molecular complexity index is 990. The Labute approximate surface area is 171 Å². The normalized spacial score (nSPS) is 19.5. The summed E-state index contributed by atoms with van der Waals surface area (Å²) in [4.78, 5) is 15.3. The minimum absolute atomic E-state index is 0.0747. The summed E-state index contributed by atoms with van der Waals surface area (Å²) in [6, 6.07) is 12.7. The third kappa shape index (κ3) is 2.96. The number of fused-ring (bicyclic) bond motifs is 2. The first-order chi connectivity index (χ1) is 14.2. The number of allylic oxidation sites excluding steroid dienone is 2. The third-order valence-corrected chi connectivity index (χ3v) is 6.24. The van der Waals surface area contributed by atoms with Crippen molar-refractivity contribution in [1.29, 1.82) is 0 Å². The Hall–Kier alpha value is -2.95. The van der Waals surface area contributed by atoms with E-state index in [9.17, 15) is 4.79 Å². The maximum atomic E-state index is 13.0.